The second kappa shape index (κ2) is 16.0. The Bertz CT molecular complexity index is 900. The molecule has 4 rings (SSSR count). The lowest BCUT2D eigenvalue weighted by atomic mass is 9.69. The molecule has 232 valence electrons. The van der Waals surface area contributed by atoms with Gasteiger partial charge in [-0.2, -0.15) is 5.26 Å². The van der Waals surface area contributed by atoms with Crippen LogP contribution in [0.4, 0.5) is 0 Å². The molecule has 11 unspecified atom stereocenters. The van der Waals surface area contributed by atoms with Gasteiger partial charge in [-0.3, -0.25) is 4.79 Å². The summed E-state index contributed by atoms with van der Waals surface area (Å²) in [4.78, 5) is 14.8. The summed E-state index contributed by atoms with van der Waals surface area (Å²) < 4.78 is 12.5. The number of nitrogens with zero attached hydrogens (tertiary/aromatic N) is 2. The zero-order valence-corrected chi connectivity index (χ0v) is 26.2. The Morgan fingerprint density at radius 3 is 2.68 bits per heavy atom. The summed E-state index contributed by atoms with van der Waals surface area (Å²) in [6, 6.07) is 3.25. The van der Waals surface area contributed by atoms with E-state index in [1.807, 2.05) is 32.0 Å². The number of nitrogens with one attached hydrogen (secondary N) is 4. The molecule has 0 radical (unpaired) electrons. The Morgan fingerprint density at radius 1 is 1.15 bits per heavy atom. The van der Waals surface area contributed by atoms with Gasteiger partial charge >= 0.3 is 0 Å². The smallest absolute Gasteiger partial charge is 0.244 e. The fourth-order valence-corrected chi connectivity index (χ4v) is 7.69. The number of hydrogen-bond acceptors (Lipinski definition) is 8. The third-order valence-corrected chi connectivity index (χ3v) is 10.1. The zero-order valence-electron chi connectivity index (χ0n) is 25.5. The number of halogens is 1. The summed E-state index contributed by atoms with van der Waals surface area (Å²) in [6.45, 7) is 8.09. The van der Waals surface area contributed by atoms with E-state index in [4.69, 9.17) is 21.1 Å². The minimum absolute atomic E-state index is 0.00789. The molecule has 2 saturated heterocycles. The van der Waals surface area contributed by atoms with E-state index >= 15 is 0 Å². The number of ether oxygens (including phenoxy) is 2. The van der Waals surface area contributed by atoms with E-state index < -0.39 is 0 Å². The third-order valence-electron chi connectivity index (χ3n) is 9.66. The lowest BCUT2D eigenvalue weighted by Gasteiger charge is -2.50. The highest BCUT2D eigenvalue weighted by Gasteiger charge is 2.48. The van der Waals surface area contributed by atoms with E-state index in [0.29, 0.717) is 31.7 Å². The summed E-state index contributed by atoms with van der Waals surface area (Å²) in [5.74, 6) is 0.581. The van der Waals surface area contributed by atoms with Gasteiger partial charge in [-0.15, -0.1) is 11.6 Å². The van der Waals surface area contributed by atoms with Crippen LogP contribution in [0.3, 0.4) is 0 Å². The summed E-state index contributed by atoms with van der Waals surface area (Å²) in [7, 11) is 3.95. The van der Waals surface area contributed by atoms with Crippen molar-refractivity contribution in [3.8, 4) is 6.07 Å². The zero-order chi connectivity index (χ0) is 29.4. The Hall–Kier alpha value is -1.25. The molecule has 2 aliphatic carbocycles. The number of likely N-dealkylation sites (N-methyl/N-ethyl adjacent to an activating group) is 1. The molecule has 0 spiro atoms. The number of rotatable bonds is 11. The van der Waals surface area contributed by atoms with Gasteiger partial charge in [0.1, 0.15) is 0 Å². The lowest BCUT2D eigenvalue weighted by Crippen LogP contribution is -2.66. The molecule has 0 bridgehead atoms. The van der Waals surface area contributed by atoms with Crippen LogP contribution in [0.1, 0.15) is 58.8 Å². The number of carbonyl (C=O) groups excluding carboxylic acids is 1. The molecular formula is C31H53ClN6O3. The number of fused-ring (bicyclic) bond motifs is 1. The fourth-order valence-electron chi connectivity index (χ4n) is 7.29. The predicted molar refractivity (Wildman–Crippen MR) is 163 cm³/mol. The average molecular weight is 593 g/mol. The third kappa shape index (κ3) is 9.12. The van der Waals surface area contributed by atoms with Crippen molar-refractivity contribution >= 4 is 17.5 Å². The van der Waals surface area contributed by atoms with Gasteiger partial charge in [-0.25, -0.2) is 0 Å². The molecule has 2 heterocycles. The van der Waals surface area contributed by atoms with Gasteiger partial charge in [-0.05, 0) is 84.3 Å². The van der Waals surface area contributed by atoms with Crippen LogP contribution in [-0.4, -0.2) is 106 Å². The topological polar surface area (TPSA) is 111 Å². The quantitative estimate of drug-likeness (QED) is 0.214. The van der Waals surface area contributed by atoms with Crippen molar-refractivity contribution in [1.29, 1.82) is 5.26 Å². The maximum atomic E-state index is 12.8. The minimum Gasteiger partial charge on any atom is -0.377 e. The van der Waals surface area contributed by atoms with E-state index in [9.17, 15) is 10.1 Å². The second-order valence-corrected chi connectivity index (χ2v) is 13.5. The van der Waals surface area contributed by atoms with E-state index in [1.165, 1.54) is 12.8 Å². The van der Waals surface area contributed by atoms with Crippen LogP contribution < -0.4 is 21.3 Å². The number of amides is 1. The first kappa shape index (κ1) is 32.7. The summed E-state index contributed by atoms with van der Waals surface area (Å²) in [5.41, 5.74) is 0. The Labute approximate surface area is 252 Å². The number of piperidine rings is 2. The summed E-state index contributed by atoms with van der Waals surface area (Å²) in [6.07, 6.45) is 10.4. The van der Waals surface area contributed by atoms with Crippen molar-refractivity contribution in [2.75, 3.05) is 46.9 Å². The molecule has 0 aromatic heterocycles. The van der Waals surface area contributed by atoms with Crippen molar-refractivity contribution in [3.05, 3.63) is 12.2 Å². The Balaban J connectivity index is 1.36. The first-order valence-electron chi connectivity index (χ1n) is 15.9. The van der Waals surface area contributed by atoms with Gasteiger partial charge < -0.3 is 35.6 Å². The summed E-state index contributed by atoms with van der Waals surface area (Å²) in [5, 5.41) is 24.4. The normalized spacial score (nSPS) is 39.8. The largest absolute Gasteiger partial charge is 0.377 e. The van der Waals surface area contributed by atoms with Crippen molar-refractivity contribution < 1.29 is 14.3 Å². The van der Waals surface area contributed by atoms with E-state index in [-0.39, 0.29) is 59.5 Å². The molecule has 9 nitrogen and oxygen atoms in total. The molecule has 41 heavy (non-hydrogen) atoms. The molecule has 4 N–H and O–H groups in total. The maximum absolute atomic E-state index is 12.8. The first-order chi connectivity index (χ1) is 19.8. The molecule has 4 fully saturated rings. The van der Waals surface area contributed by atoms with Gasteiger partial charge in [0, 0.05) is 49.9 Å². The molecule has 4 aliphatic rings. The molecule has 0 aromatic rings. The number of hydrogen-bond donors (Lipinski definition) is 4. The highest BCUT2D eigenvalue weighted by atomic mass is 35.5. The molecule has 2 saturated carbocycles. The Kier molecular flexibility index (Phi) is 12.7. The standard InChI is InChI=1S/C31H53ClN6O3/c1-5-40-29-16-26-23(15-27(29)36-30(39)9-7-13-38(3)4)31(21(17-33)18-35-26)37-25-11-10-22(14-24(25)32)41-19-28-20(2)8-6-12-34-28/h7,9,20-29,31,34-35,37H,5-6,8,10-16,18-19H2,1-4H3,(H,36,39)/b9-7+. The molecule has 1 amide bonds. The van der Waals surface area contributed by atoms with Gasteiger partial charge in [0.25, 0.3) is 0 Å². The highest BCUT2D eigenvalue weighted by molar-refractivity contribution is 6.21. The second-order valence-electron chi connectivity index (χ2n) is 12.9. The van der Waals surface area contributed by atoms with Gasteiger partial charge in [-0.1, -0.05) is 13.0 Å². The highest BCUT2D eigenvalue weighted by Crippen LogP contribution is 2.37. The van der Waals surface area contributed by atoms with Gasteiger partial charge in [0.15, 0.2) is 0 Å². The number of nitriles is 1. The number of alkyl halides is 1. The van der Waals surface area contributed by atoms with Crippen LogP contribution in [-0.2, 0) is 14.3 Å². The van der Waals surface area contributed by atoms with Crippen LogP contribution in [0, 0.1) is 29.1 Å². The molecule has 0 aromatic carbocycles. The predicted octanol–water partition coefficient (Wildman–Crippen LogP) is 2.41. The average Bonchev–Trinajstić information content (AvgIpc) is 2.94. The minimum atomic E-state index is -0.159. The monoisotopic (exact) mass is 592 g/mol. The SMILES string of the molecule is CCOC1CC2NCC(C#N)C(NC3CCC(OCC4NCCCC4C)CC3Cl)C2CC1NC(=O)/C=C/CN(C)C. The molecule has 11 atom stereocenters. The van der Waals surface area contributed by atoms with E-state index in [1.54, 1.807) is 6.08 Å². The summed E-state index contributed by atoms with van der Waals surface area (Å²) >= 11 is 7.00. The van der Waals surface area contributed by atoms with Crippen molar-refractivity contribution in [2.24, 2.45) is 17.8 Å². The molecule has 2 aliphatic heterocycles. The Morgan fingerprint density at radius 2 is 1.98 bits per heavy atom. The van der Waals surface area contributed by atoms with Crippen LogP contribution in [0.2, 0.25) is 0 Å². The van der Waals surface area contributed by atoms with Crippen LogP contribution in [0.5, 0.6) is 0 Å². The van der Waals surface area contributed by atoms with Crippen molar-refractivity contribution in [1.82, 2.24) is 26.2 Å². The molecular weight excluding hydrogens is 540 g/mol. The number of carbonyl (C=O) groups is 1. The maximum Gasteiger partial charge on any atom is 0.244 e. The molecule has 10 heteroatoms. The van der Waals surface area contributed by atoms with Crippen molar-refractivity contribution in [2.45, 2.75) is 107 Å². The van der Waals surface area contributed by atoms with E-state index in [0.717, 1.165) is 45.3 Å². The lowest BCUT2D eigenvalue weighted by molar-refractivity contribution is -0.120. The van der Waals surface area contributed by atoms with Crippen molar-refractivity contribution in [3.63, 3.8) is 0 Å². The van der Waals surface area contributed by atoms with Crippen LogP contribution in [0.15, 0.2) is 12.2 Å². The van der Waals surface area contributed by atoms with E-state index in [2.05, 4.69) is 34.3 Å². The van der Waals surface area contributed by atoms with Crippen LogP contribution >= 0.6 is 11.6 Å². The first-order valence-corrected chi connectivity index (χ1v) is 16.3. The van der Waals surface area contributed by atoms with Gasteiger partial charge in [0.05, 0.1) is 42.2 Å². The van der Waals surface area contributed by atoms with Gasteiger partial charge in [0.2, 0.25) is 5.91 Å². The fraction of sp³-hybridized carbons (Fsp3) is 0.871. The van der Waals surface area contributed by atoms with Crippen LogP contribution in [0.25, 0.3) is 0 Å².